The zero-order valence-corrected chi connectivity index (χ0v) is 10.5. The molecule has 17 heavy (non-hydrogen) atoms. The minimum atomic E-state index is -1.12. The number of nitrogens with two attached hydrogens (primary N) is 1. The van der Waals surface area contributed by atoms with Gasteiger partial charge in [0.15, 0.2) is 0 Å². The second kappa shape index (κ2) is 5.51. The summed E-state index contributed by atoms with van der Waals surface area (Å²) in [6.45, 7) is 6.09. The molecule has 7 nitrogen and oxygen atoms in total. The number of aliphatic carboxylic acids is 1. The molecule has 3 amide bonds. The third-order valence-corrected chi connectivity index (χ3v) is 2.12. The number of carboxylic acid groups (broad SMARTS) is 1. The summed E-state index contributed by atoms with van der Waals surface area (Å²) in [5.41, 5.74) is 4.34. The summed E-state index contributed by atoms with van der Waals surface area (Å²) in [6, 6.07) is -1.48. The van der Waals surface area contributed by atoms with Crippen molar-refractivity contribution in [3.05, 3.63) is 0 Å². The number of rotatable bonds is 4. The van der Waals surface area contributed by atoms with Gasteiger partial charge in [-0.1, -0.05) is 0 Å². The van der Waals surface area contributed by atoms with Crippen molar-refractivity contribution in [2.45, 2.75) is 39.3 Å². The second-order valence-corrected chi connectivity index (χ2v) is 4.72. The van der Waals surface area contributed by atoms with Crippen LogP contribution >= 0.6 is 0 Å². The standard InChI is InChI=1S/C10H19N3O4/c1-6(8(11)16)12-9(17)13(5-7(14)15)10(2,3)4/h6H,5H2,1-4H3,(H2,11,16)(H,12,17)(H,14,15). The van der Waals surface area contributed by atoms with Crippen molar-refractivity contribution >= 4 is 17.9 Å². The molecule has 1 atom stereocenters. The summed E-state index contributed by atoms with van der Waals surface area (Å²) >= 11 is 0. The van der Waals surface area contributed by atoms with Gasteiger partial charge in [0.05, 0.1) is 0 Å². The predicted molar refractivity (Wildman–Crippen MR) is 61.3 cm³/mol. The van der Waals surface area contributed by atoms with E-state index in [0.717, 1.165) is 4.90 Å². The fourth-order valence-corrected chi connectivity index (χ4v) is 1.08. The Morgan fingerprint density at radius 2 is 1.82 bits per heavy atom. The van der Waals surface area contributed by atoms with Gasteiger partial charge in [-0.2, -0.15) is 0 Å². The first-order valence-corrected chi connectivity index (χ1v) is 5.15. The highest BCUT2D eigenvalue weighted by Crippen LogP contribution is 2.13. The van der Waals surface area contributed by atoms with E-state index >= 15 is 0 Å². The number of nitrogens with one attached hydrogen (secondary N) is 1. The van der Waals surface area contributed by atoms with Crippen LogP contribution in [0.25, 0.3) is 0 Å². The fraction of sp³-hybridized carbons (Fsp3) is 0.700. The number of hydrogen-bond donors (Lipinski definition) is 3. The van der Waals surface area contributed by atoms with Crippen molar-refractivity contribution in [2.24, 2.45) is 5.73 Å². The van der Waals surface area contributed by atoms with E-state index in [1.165, 1.54) is 6.92 Å². The number of carbonyl (C=O) groups is 3. The minimum absolute atomic E-state index is 0.444. The Kier molecular flexibility index (Phi) is 4.93. The topological polar surface area (TPSA) is 113 Å². The van der Waals surface area contributed by atoms with Crippen LogP contribution in [0.15, 0.2) is 0 Å². The normalized spacial score (nSPS) is 12.7. The van der Waals surface area contributed by atoms with Gasteiger partial charge >= 0.3 is 12.0 Å². The van der Waals surface area contributed by atoms with Crippen LogP contribution in [0.2, 0.25) is 0 Å². The van der Waals surface area contributed by atoms with Crippen LogP contribution in [0.4, 0.5) is 4.79 Å². The molecule has 0 saturated carbocycles. The highest BCUT2D eigenvalue weighted by molar-refractivity contribution is 5.87. The van der Waals surface area contributed by atoms with Gasteiger partial charge in [-0.15, -0.1) is 0 Å². The Morgan fingerprint density at radius 3 is 2.12 bits per heavy atom. The van der Waals surface area contributed by atoms with Gasteiger partial charge in [-0.25, -0.2) is 4.79 Å². The number of nitrogens with zero attached hydrogens (tertiary/aromatic N) is 1. The quantitative estimate of drug-likeness (QED) is 0.634. The second-order valence-electron chi connectivity index (χ2n) is 4.72. The molecule has 0 aliphatic heterocycles. The highest BCUT2D eigenvalue weighted by Gasteiger charge is 2.29. The first kappa shape index (κ1) is 15.2. The summed E-state index contributed by atoms with van der Waals surface area (Å²) in [7, 11) is 0. The van der Waals surface area contributed by atoms with E-state index in [0.29, 0.717) is 0 Å². The predicted octanol–water partition coefficient (Wildman–Crippen LogP) is -0.245. The average molecular weight is 245 g/mol. The molecule has 1 unspecified atom stereocenters. The zero-order valence-electron chi connectivity index (χ0n) is 10.5. The lowest BCUT2D eigenvalue weighted by molar-refractivity contribution is -0.138. The van der Waals surface area contributed by atoms with Crippen LogP contribution in [-0.4, -0.2) is 46.0 Å². The van der Waals surface area contributed by atoms with E-state index in [9.17, 15) is 14.4 Å². The molecule has 0 aromatic rings. The lowest BCUT2D eigenvalue weighted by atomic mass is 10.1. The van der Waals surface area contributed by atoms with Crippen molar-refractivity contribution in [2.75, 3.05) is 6.54 Å². The van der Waals surface area contributed by atoms with Crippen LogP contribution in [-0.2, 0) is 9.59 Å². The minimum Gasteiger partial charge on any atom is -0.480 e. The van der Waals surface area contributed by atoms with Crippen LogP contribution in [0, 0.1) is 0 Å². The van der Waals surface area contributed by atoms with Gasteiger partial charge in [0.1, 0.15) is 12.6 Å². The molecule has 0 spiro atoms. The van der Waals surface area contributed by atoms with Crippen molar-refractivity contribution in [3.63, 3.8) is 0 Å². The van der Waals surface area contributed by atoms with Gasteiger partial charge in [0.2, 0.25) is 5.91 Å². The number of carbonyl (C=O) groups excluding carboxylic acids is 2. The molecule has 0 fully saturated rings. The average Bonchev–Trinajstić information content (AvgIpc) is 2.11. The van der Waals surface area contributed by atoms with Crippen molar-refractivity contribution in [1.82, 2.24) is 10.2 Å². The monoisotopic (exact) mass is 245 g/mol. The van der Waals surface area contributed by atoms with E-state index in [4.69, 9.17) is 10.8 Å². The molecule has 98 valence electrons. The Bertz CT molecular complexity index is 322. The summed E-state index contributed by atoms with van der Waals surface area (Å²) in [4.78, 5) is 34.4. The molecule has 0 bridgehead atoms. The van der Waals surface area contributed by atoms with Crippen molar-refractivity contribution in [3.8, 4) is 0 Å². The fourth-order valence-electron chi connectivity index (χ4n) is 1.08. The van der Waals surface area contributed by atoms with Crippen LogP contribution in [0.1, 0.15) is 27.7 Å². The maximum atomic E-state index is 11.8. The van der Waals surface area contributed by atoms with Crippen molar-refractivity contribution < 1.29 is 19.5 Å². The highest BCUT2D eigenvalue weighted by atomic mass is 16.4. The van der Waals surface area contributed by atoms with Gasteiger partial charge < -0.3 is 21.1 Å². The van der Waals surface area contributed by atoms with Crippen LogP contribution in [0.5, 0.6) is 0 Å². The summed E-state index contributed by atoms with van der Waals surface area (Å²) in [5, 5.41) is 11.1. The zero-order chi connectivity index (χ0) is 13.8. The molecule has 0 aliphatic carbocycles. The molecule has 0 aromatic carbocycles. The SMILES string of the molecule is CC(NC(=O)N(CC(=O)O)C(C)(C)C)C(N)=O. The Labute approximate surface area is 100.0 Å². The molecule has 0 radical (unpaired) electrons. The van der Waals surface area contributed by atoms with Crippen LogP contribution in [0.3, 0.4) is 0 Å². The van der Waals surface area contributed by atoms with Gasteiger partial charge in [0, 0.05) is 5.54 Å². The molecule has 4 N–H and O–H groups in total. The van der Waals surface area contributed by atoms with E-state index in [1.54, 1.807) is 20.8 Å². The van der Waals surface area contributed by atoms with Gasteiger partial charge in [0.25, 0.3) is 0 Å². The smallest absolute Gasteiger partial charge is 0.323 e. The molecule has 0 aliphatic rings. The first-order chi connectivity index (χ1) is 7.55. The molecule has 0 rings (SSSR count). The summed E-state index contributed by atoms with van der Waals surface area (Å²) < 4.78 is 0. The lowest BCUT2D eigenvalue weighted by Crippen LogP contribution is -2.55. The number of carboxylic acids is 1. The molecule has 0 heterocycles. The molecular formula is C10H19N3O4. The van der Waals surface area contributed by atoms with E-state index in [2.05, 4.69) is 5.32 Å². The van der Waals surface area contributed by atoms with Crippen LogP contribution < -0.4 is 11.1 Å². The molecular weight excluding hydrogens is 226 g/mol. The molecule has 0 saturated heterocycles. The van der Waals surface area contributed by atoms with Crippen molar-refractivity contribution in [1.29, 1.82) is 0 Å². The van der Waals surface area contributed by atoms with E-state index in [1.807, 2.05) is 0 Å². The summed E-state index contributed by atoms with van der Waals surface area (Å²) in [5.74, 6) is -1.80. The Morgan fingerprint density at radius 1 is 1.35 bits per heavy atom. The number of amides is 3. The number of urea groups is 1. The number of hydrogen-bond acceptors (Lipinski definition) is 3. The van der Waals surface area contributed by atoms with Gasteiger partial charge in [-0.05, 0) is 27.7 Å². The van der Waals surface area contributed by atoms with E-state index < -0.39 is 36.0 Å². The summed E-state index contributed by atoms with van der Waals surface area (Å²) in [6.07, 6.45) is 0. The molecule has 0 aromatic heterocycles. The largest absolute Gasteiger partial charge is 0.480 e. The van der Waals surface area contributed by atoms with Gasteiger partial charge in [-0.3, -0.25) is 9.59 Å². The van der Waals surface area contributed by atoms with E-state index in [-0.39, 0.29) is 0 Å². The maximum Gasteiger partial charge on any atom is 0.323 e. The first-order valence-electron chi connectivity index (χ1n) is 5.15. The Hall–Kier alpha value is -1.79. The lowest BCUT2D eigenvalue weighted by Gasteiger charge is -2.34. The number of primary amides is 1. The third-order valence-electron chi connectivity index (χ3n) is 2.12. The maximum absolute atomic E-state index is 11.8. The Balaban J connectivity index is 4.77. The third kappa shape index (κ3) is 5.19. The molecule has 7 heteroatoms.